The number of thioether (sulfide) groups is 1. The van der Waals surface area contributed by atoms with Gasteiger partial charge in [0.05, 0.1) is 6.04 Å². The third-order valence-corrected chi connectivity index (χ3v) is 6.03. The second-order valence-electron chi connectivity index (χ2n) is 5.54. The van der Waals surface area contributed by atoms with Crippen LogP contribution in [-0.4, -0.2) is 17.5 Å². The lowest BCUT2D eigenvalue weighted by molar-refractivity contribution is 0.318. The Morgan fingerprint density at radius 3 is 2.70 bits per heavy atom. The van der Waals surface area contributed by atoms with E-state index in [4.69, 9.17) is 4.99 Å². The second kappa shape index (κ2) is 6.99. The maximum atomic E-state index is 4.77. The number of hydrogen-bond acceptors (Lipinski definition) is 3. The highest BCUT2D eigenvalue weighted by Gasteiger charge is 2.30. The summed E-state index contributed by atoms with van der Waals surface area (Å²) in [6.45, 7) is 7.71. The third kappa shape index (κ3) is 3.79. The standard InChI is InChI=1S/C16H23BrN2S/c1-4-16(5-2)10-18-15(20-11-16)19-12(3)13-7-6-8-14(17)9-13/h6-9,12H,4-5,10-11H2,1-3H3,(H,18,19). The largest absolute Gasteiger partial charge is 0.358 e. The molecular formula is C16H23BrN2S. The van der Waals surface area contributed by atoms with E-state index in [1.807, 2.05) is 11.8 Å². The molecule has 0 bridgehead atoms. The number of rotatable bonds is 4. The summed E-state index contributed by atoms with van der Waals surface area (Å²) >= 11 is 5.40. The molecule has 1 unspecified atom stereocenters. The average molecular weight is 355 g/mol. The molecule has 1 N–H and O–H groups in total. The lowest BCUT2D eigenvalue weighted by Gasteiger charge is -2.34. The predicted octanol–water partition coefficient (Wildman–Crippen LogP) is 5.01. The minimum atomic E-state index is 0.287. The van der Waals surface area contributed by atoms with Crippen molar-refractivity contribution in [3.8, 4) is 0 Å². The van der Waals surface area contributed by atoms with Crippen LogP contribution in [-0.2, 0) is 0 Å². The van der Waals surface area contributed by atoms with E-state index in [-0.39, 0.29) is 6.04 Å². The van der Waals surface area contributed by atoms with Gasteiger partial charge in [0.1, 0.15) is 0 Å². The number of halogens is 1. The van der Waals surface area contributed by atoms with Gasteiger partial charge in [-0.25, -0.2) is 0 Å². The zero-order valence-electron chi connectivity index (χ0n) is 12.4. The van der Waals surface area contributed by atoms with Crippen LogP contribution in [0.5, 0.6) is 0 Å². The first-order chi connectivity index (χ1) is 9.58. The molecule has 0 aromatic heterocycles. The van der Waals surface area contributed by atoms with Crippen LogP contribution in [0.2, 0.25) is 0 Å². The van der Waals surface area contributed by atoms with Gasteiger partial charge in [0.25, 0.3) is 0 Å². The van der Waals surface area contributed by atoms with Gasteiger partial charge in [-0.1, -0.05) is 53.7 Å². The van der Waals surface area contributed by atoms with Crippen LogP contribution in [0, 0.1) is 5.41 Å². The normalized spacial score (nSPS) is 19.3. The summed E-state index contributed by atoms with van der Waals surface area (Å²) in [7, 11) is 0. The molecule has 1 heterocycles. The van der Waals surface area contributed by atoms with Crippen molar-refractivity contribution in [2.75, 3.05) is 12.3 Å². The lowest BCUT2D eigenvalue weighted by Crippen LogP contribution is -2.35. The van der Waals surface area contributed by atoms with Crippen LogP contribution in [0.15, 0.2) is 33.7 Å². The molecule has 0 saturated carbocycles. The highest BCUT2D eigenvalue weighted by molar-refractivity contribution is 9.10. The first-order valence-corrected chi connectivity index (χ1v) is 9.05. The van der Waals surface area contributed by atoms with Gasteiger partial charge >= 0.3 is 0 Å². The molecular weight excluding hydrogens is 332 g/mol. The Kier molecular flexibility index (Phi) is 5.56. The number of benzene rings is 1. The first kappa shape index (κ1) is 15.9. The Bertz CT molecular complexity index is 483. The van der Waals surface area contributed by atoms with Gasteiger partial charge in [-0.15, -0.1) is 0 Å². The molecule has 0 spiro atoms. The van der Waals surface area contributed by atoms with Gasteiger partial charge in [-0.2, -0.15) is 0 Å². The predicted molar refractivity (Wildman–Crippen MR) is 93.5 cm³/mol. The quantitative estimate of drug-likeness (QED) is 0.821. The van der Waals surface area contributed by atoms with Crippen molar-refractivity contribution in [2.45, 2.75) is 39.7 Å². The summed E-state index contributed by atoms with van der Waals surface area (Å²) in [6.07, 6.45) is 2.43. The van der Waals surface area contributed by atoms with Gasteiger partial charge in [0.2, 0.25) is 0 Å². The number of amidine groups is 1. The fourth-order valence-corrected chi connectivity index (χ4v) is 4.14. The van der Waals surface area contributed by atoms with E-state index >= 15 is 0 Å². The molecule has 2 nitrogen and oxygen atoms in total. The molecule has 4 heteroatoms. The molecule has 0 radical (unpaired) electrons. The highest BCUT2D eigenvalue weighted by Crippen LogP contribution is 2.35. The third-order valence-electron chi connectivity index (χ3n) is 4.26. The summed E-state index contributed by atoms with van der Waals surface area (Å²) in [5, 5.41) is 4.63. The Hall–Kier alpha value is -0.480. The van der Waals surface area contributed by atoms with Crippen molar-refractivity contribution < 1.29 is 0 Å². The molecule has 0 saturated heterocycles. The zero-order chi connectivity index (χ0) is 14.6. The molecule has 1 aromatic carbocycles. The van der Waals surface area contributed by atoms with Crippen molar-refractivity contribution in [3.05, 3.63) is 34.3 Å². The highest BCUT2D eigenvalue weighted by atomic mass is 79.9. The fourth-order valence-electron chi connectivity index (χ4n) is 2.36. The van der Waals surface area contributed by atoms with Gasteiger partial charge in [0.15, 0.2) is 5.17 Å². The molecule has 0 amide bonds. The van der Waals surface area contributed by atoms with Gasteiger partial charge in [0, 0.05) is 16.8 Å². The van der Waals surface area contributed by atoms with E-state index in [9.17, 15) is 0 Å². The number of nitrogens with zero attached hydrogens (tertiary/aromatic N) is 1. The minimum absolute atomic E-state index is 0.287. The maximum absolute atomic E-state index is 4.77. The summed E-state index contributed by atoms with van der Waals surface area (Å²) in [5.41, 5.74) is 1.69. The number of aliphatic imine (C=N–C) groups is 1. The van der Waals surface area contributed by atoms with Crippen LogP contribution >= 0.6 is 27.7 Å². The van der Waals surface area contributed by atoms with Crippen molar-refractivity contribution in [1.29, 1.82) is 0 Å². The number of hydrogen-bond donors (Lipinski definition) is 1. The Morgan fingerprint density at radius 1 is 1.40 bits per heavy atom. The van der Waals surface area contributed by atoms with Crippen LogP contribution in [0.25, 0.3) is 0 Å². The molecule has 0 fully saturated rings. The van der Waals surface area contributed by atoms with Gasteiger partial charge in [-0.05, 0) is 42.9 Å². The van der Waals surface area contributed by atoms with E-state index in [0.717, 1.165) is 16.2 Å². The van der Waals surface area contributed by atoms with E-state index in [1.54, 1.807) is 0 Å². The van der Waals surface area contributed by atoms with Crippen molar-refractivity contribution in [2.24, 2.45) is 10.4 Å². The van der Waals surface area contributed by atoms with Gasteiger partial charge < -0.3 is 5.32 Å². The van der Waals surface area contributed by atoms with Crippen molar-refractivity contribution >= 4 is 32.9 Å². The summed E-state index contributed by atoms with van der Waals surface area (Å²) < 4.78 is 1.12. The summed E-state index contributed by atoms with van der Waals surface area (Å²) in [4.78, 5) is 4.77. The fraction of sp³-hybridized carbons (Fsp3) is 0.562. The Morgan fingerprint density at radius 2 is 2.15 bits per heavy atom. The molecule has 2 rings (SSSR count). The molecule has 1 aliphatic rings. The van der Waals surface area contributed by atoms with Crippen LogP contribution in [0.1, 0.15) is 45.2 Å². The molecule has 0 aliphatic carbocycles. The monoisotopic (exact) mass is 354 g/mol. The van der Waals surface area contributed by atoms with E-state index in [2.05, 4.69) is 66.3 Å². The van der Waals surface area contributed by atoms with Crippen LogP contribution < -0.4 is 5.32 Å². The topological polar surface area (TPSA) is 24.4 Å². The molecule has 110 valence electrons. The van der Waals surface area contributed by atoms with E-state index in [1.165, 1.54) is 24.2 Å². The zero-order valence-corrected chi connectivity index (χ0v) is 14.9. The second-order valence-corrected chi connectivity index (χ2v) is 7.42. The van der Waals surface area contributed by atoms with E-state index in [0.29, 0.717) is 5.41 Å². The number of nitrogens with one attached hydrogen (secondary N) is 1. The minimum Gasteiger partial charge on any atom is -0.358 e. The maximum Gasteiger partial charge on any atom is 0.157 e. The van der Waals surface area contributed by atoms with E-state index < -0.39 is 0 Å². The first-order valence-electron chi connectivity index (χ1n) is 7.28. The Labute approximate surface area is 135 Å². The Balaban J connectivity index is 1.99. The smallest absolute Gasteiger partial charge is 0.157 e. The molecule has 1 atom stereocenters. The SMILES string of the molecule is CCC1(CC)CN=C(NC(C)c2cccc(Br)c2)SC1. The lowest BCUT2D eigenvalue weighted by atomic mass is 9.84. The van der Waals surface area contributed by atoms with Gasteiger partial charge in [-0.3, -0.25) is 4.99 Å². The van der Waals surface area contributed by atoms with Crippen LogP contribution in [0.4, 0.5) is 0 Å². The van der Waals surface area contributed by atoms with Crippen molar-refractivity contribution in [3.63, 3.8) is 0 Å². The molecule has 1 aliphatic heterocycles. The summed E-state index contributed by atoms with van der Waals surface area (Å²) in [6, 6.07) is 8.73. The van der Waals surface area contributed by atoms with Crippen molar-refractivity contribution in [1.82, 2.24) is 5.32 Å². The molecule has 1 aromatic rings. The average Bonchev–Trinajstić information content (AvgIpc) is 2.48. The van der Waals surface area contributed by atoms with Crippen LogP contribution in [0.3, 0.4) is 0 Å². The molecule has 20 heavy (non-hydrogen) atoms. The summed E-state index contributed by atoms with van der Waals surface area (Å²) in [5.74, 6) is 1.18.